The van der Waals surface area contributed by atoms with E-state index in [9.17, 15) is 0 Å². The summed E-state index contributed by atoms with van der Waals surface area (Å²) in [5.74, 6) is 0. The van der Waals surface area contributed by atoms with Gasteiger partial charge in [-0.2, -0.15) is 0 Å². The molecule has 1 aliphatic rings. The summed E-state index contributed by atoms with van der Waals surface area (Å²) < 4.78 is 0. The molecule has 0 saturated carbocycles. The van der Waals surface area contributed by atoms with Gasteiger partial charge in [0.1, 0.15) is 0 Å². The van der Waals surface area contributed by atoms with Gasteiger partial charge in [0.15, 0.2) is 0 Å². The van der Waals surface area contributed by atoms with Crippen LogP contribution in [-0.4, -0.2) is 54.6 Å². The van der Waals surface area contributed by atoms with Crippen LogP contribution in [0.4, 0.5) is 0 Å². The van der Waals surface area contributed by atoms with E-state index in [-0.39, 0.29) is 5.54 Å². The normalized spacial score (nSPS) is 18.4. The fourth-order valence-corrected chi connectivity index (χ4v) is 2.60. The van der Waals surface area contributed by atoms with Crippen LogP contribution >= 0.6 is 0 Å². The molecule has 0 unspecified atom stereocenters. The van der Waals surface area contributed by atoms with Gasteiger partial charge in [-0.25, -0.2) is 0 Å². The summed E-state index contributed by atoms with van der Waals surface area (Å²) >= 11 is 0. The standard InChI is InChI=1S/C17H29N3/c1-17(2,3)18-9-10-19-11-13-20(14-12-19)15-16-7-5-4-6-8-16/h4-8,18H,9-15H2,1-3H3. The Morgan fingerprint density at radius 2 is 1.55 bits per heavy atom. The number of piperazine rings is 1. The van der Waals surface area contributed by atoms with E-state index >= 15 is 0 Å². The lowest BCUT2D eigenvalue weighted by Gasteiger charge is -2.35. The molecule has 2 rings (SSSR count). The van der Waals surface area contributed by atoms with Gasteiger partial charge >= 0.3 is 0 Å². The maximum atomic E-state index is 3.56. The minimum absolute atomic E-state index is 0.231. The Kier molecular flexibility index (Phi) is 5.58. The zero-order chi connectivity index (χ0) is 14.4. The highest BCUT2D eigenvalue weighted by molar-refractivity contribution is 5.14. The Bertz CT molecular complexity index is 375. The zero-order valence-corrected chi connectivity index (χ0v) is 13.2. The average Bonchev–Trinajstić information content (AvgIpc) is 2.41. The minimum atomic E-state index is 0.231. The van der Waals surface area contributed by atoms with Gasteiger partial charge in [0.2, 0.25) is 0 Å². The van der Waals surface area contributed by atoms with Crippen molar-refractivity contribution in [2.45, 2.75) is 32.9 Å². The van der Waals surface area contributed by atoms with E-state index in [0.717, 1.165) is 19.6 Å². The second kappa shape index (κ2) is 7.21. The summed E-state index contributed by atoms with van der Waals surface area (Å²) in [6, 6.07) is 10.8. The monoisotopic (exact) mass is 275 g/mol. The number of nitrogens with zero attached hydrogens (tertiary/aromatic N) is 2. The maximum Gasteiger partial charge on any atom is 0.0234 e. The molecule has 0 aliphatic carbocycles. The van der Waals surface area contributed by atoms with Crippen molar-refractivity contribution in [1.82, 2.24) is 15.1 Å². The van der Waals surface area contributed by atoms with Crippen molar-refractivity contribution in [2.75, 3.05) is 39.3 Å². The van der Waals surface area contributed by atoms with Crippen LogP contribution in [0.3, 0.4) is 0 Å². The second-order valence-corrected chi connectivity index (χ2v) is 6.78. The highest BCUT2D eigenvalue weighted by atomic mass is 15.3. The van der Waals surface area contributed by atoms with Crippen LogP contribution in [-0.2, 0) is 6.54 Å². The van der Waals surface area contributed by atoms with Crippen molar-refractivity contribution in [2.24, 2.45) is 0 Å². The first-order valence-electron chi connectivity index (χ1n) is 7.77. The molecule has 3 heteroatoms. The smallest absolute Gasteiger partial charge is 0.0234 e. The van der Waals surface area contributed by atoms with Crippen molar-refractivity contribution in [3.63, 3.8) is 0 Å². The Balaban J connectivity index is 1.65. The predicted octanol–water partition coefficient (Wildman–Crippen LogP) is 2.19. The summed E-state index contributed by atoms with van der Waals surface area (Å²) in [5, 5.41) is 3.56. The van der Waals surface area contributed by atoms with E-state index < -0.39 is 0 Å². The molecule has 0 aromatic heterocycles. The number of benzene rings is 1. The molecule has 1 fully saturated rings. The Morgan fingerprint density at radius 3 is 2.15 bits per heavy atom. The summed E-state index contributed by atoms with van der Waals surface area (Å²) in [6.45, 7) is 14.8. The molecular formula is C17H29N3. The van der Waals surface area contributed by atoms with Crippen molar-refractivity contribution < 1.29 is 0 Å². The molecule has 1 aliphatic heterocycles. The van der Waals surface area contributed by atoms with Gasteiger partial charge in [0, 0.05) is 51.4 Å². The Morgan fingerprint density at radius 1 is 0.950 bits per heavy atom. The molecule has 0 bridgehead atoms. The second-order valence-electron chi connectivity index (χ2n) is 6.78. The molecule has 20 heavy (non-hydrogen) atoms. The van der Waals surface area contributed by atoms with E-state index in [0.29, 0.717) is 0 Å². The van der Waals surface area contributed by atoms with Crippen molar-refractivity contribution in [3.8, 4) is 0 Å². The SMILES string of the molecule is CC(C)(C)NCCN1CCN(Cc2ccccc2)CC1. The summed E-state index contributed by atoms with van der Waals surface area (Å²) in [4.78, 5) is 5.13. The Labute approximate surface area is 124 Å². The molecule has 1 aromatic rings. The highest BCUT2D eigenvalue weighted by Gasteiger charge is 2.17. The topological polar surface area (TPSA) is 18.5 Å². The average molecular weight is 275 g/mol. The van der Waals surface area contributed by atoms with E-state index in [1.807, 2.05) is 0 Å². The fourth-order valence-electron chi connectivity index (χ4n) is 2.60. The lowest BCUT2D eigenvalue weighted by molar-refractivity contribution is 0.126. The van der Waals surface area contributed by atoms with E-state index in [1.165, 1.54) is 31.7 Å². The molecule has 0 amide bonds. The lowest BCUT2D eigenvalue weighted by atomic mass is 10.1. The van der Waals surface area contributed by atoms with Gasteiger partial charge < -0.3 is 5.32 Å². The van der Waals surface area contributed by atoms with Crippen LogP contribution in [0, 0.1) is 0 Å². The predicted molar refractivity (Wildman–Crippen MR) is 85.9 cm³/mol. The molecule has 1 N–H and O–H groups in total. The first-order valence-corrected chi connectivity index (χ1v) is 7.77. The number of rotatable bonds is 5. The number of hydrogen-bond donors (Lipinski definition) is 1. The first kappa shape index (κ1) is 15.5. The third-order valence-corrected chi connectivity index (χ3v) is 3.80. The van der Waals surface area contributed by atoms with Crippen molar-refractivity contribution in [3.05, 3.63) is 35.9 Å². The van der Waals surface area contributed by atoms with Crippen LogP contribution in [0.25, 0.3) is 0 Å². The number of hydrogen-bond acceptors (Lipinski definition) is 3. The zero-order valence-electron chi connectivity index (χ0n) is 13.2. The lowest BCUT2D eigenvalue weighted by Crippen LogP contribution is -2.49. The van der Waals surface area contributed by atoms with Gasteiger partial charge in [0.05, 0.1) is 0 Å². The van der Waals surface area contributed by atoms with Gasteiger partial charge in [-0.1, -0.05) is 30.3 Å². The van der Waals surface area contributed by atoms with Gasteiger partial charge in [-0.15, -0.1) is 0 Å². The van der Waals surface area contributed by atoms with Gasteiger partial charge in [0.25, 0.3) is 0 Å². The van der Waals surface area contributed by atoms with Crippen LogP contribution in [0.2, 0.25) is 0 Å². The molecule has 0 spiro atoms. The van der Waals surface area contributed by atoms with Crippen molar-refractivity contribution >= 4 is 0 Å². The summed E-state index contributed by atoms with van der Waals surface area (Å²) in [7, 11) is 0. The van der Waals surface area contributed by atoms with Crippen LogP contribution in [0.1, 0.15) is 26.3 Å². The van der Waals surface area contributed by atoms with E-state index in [4.69, 9.17) is 0 Å². The van der Waals surface area contributed by atoms with Crippen molar-refractivity contribution in [1.29, 1.82) is 0 Å². The quantitative estimate of drug-likeness (QED) is 0.889. The highest BCUT2D eigenvalue weighted by Crippen LogP contribution is 2.08. The van der Waals surface area contributed by atoms with Crippen LogP contribution in [0.5, 0.6) is 0 Å². The molecule has 0 radical (unpaired) electrons. The molecule has 0 atom stereocenters. The molecule has 1 saturated heterocycles. The third-order valence-electron chi connectivity index (χ3n) is 3.80. The fraction of sp³-hybridized carbons (Fsp3) is 0.647. The van der Waals surface area contributed by atoms with Crippen LogP contribution in [0.15, 0.2) is 30.3 Å². The summed E-state index contributed by atoms with van der Waals surface area (Å²) in [5.41, 5.74) is 1.66. The number of nitrogens with one attached hydrogen (secondary N) is 1. The minimum Gasteiger partial charge on any atom is -0.311 e. The molecule has 112 valence electrons. The molecule has 3 nitrogen and oxygen atoms in total. The summed E-state index contributed by atoms with van der Waals surface area (Å²) in [6.07, 6.45) is 0. The maximum absolute atomic E-state index is 3.56. The Hall–Kier alpha value is -0.900. The van der Waals surface area contributed by atoms with E-state index in [1.54, 1.807) is 0 Å². The van der Waals surface area contributed by atoms with Gasteiger partial charge in [-0.05, 0) is 26.3 Å². The third kappa shape index (κ3) is 5.61. The molecule has 1 aromatic carbocycles. The largest absolute Gasteiger partial charge is 0.311 e. The molecule has 1 heterocycles. The van der Waals surface area contributed by atoms with E-state index in [2.05, 4.69) is 66.2 Å². The molecular weight excluding hydrogens is 246 g/mol. The first-order chi connectivity index (χ1) is 9.53. The van der Waals surface area contributed by atoms with Crippen LogP contribution < -0.4 is 5.32 Å². The van der Waals surface area contributed by atoms with Gasteiger partial charge in [-0.3, -0.25) is 9.80 Å².